The molecule has 0 aromatic heterocycles. The summed E-state index contributed by atoms with van der Waals surface area (Å²) in [4.78, 5) is 7.23. The van der Waals surface area contributed by atoms with Gasteiger partial charge in [0.1, 0.15) is 6.61 Å². The van der Waals surface area contributed by atoms with Crippen LogP contribution in [0.2, 0.25) is 0 Å². The molecule has 2 rings (SSSR count). The number of ether oxygens (including phenoxy) is 1. The molecule has 0 spiro atoms. The van der Waals surface area contributed by atoms with Crippen molar-refractivity contribution in [2.24, 2.45) is 10.9 Å². The Morgan fingerprint density at radius 3 is 2.76 bits per heavy atom. The highest BCUT2D eigenvalue weighted by molar-refractivity contribution is 5.77. The molecular weight excluding hydrogens is 212 g/mol. The molecule has 3 nitrogen and oxygen atoms in total. The molecule has 17 heavy (non-hydrogen) atoms. The van der Waals surface area contributed by atoms with Gasteiger partial charge in [0.25, 0.3) is 0 Å². The average Bonchev–Trinajstić information content (AvgIpc) is 2.75. The van der Waals surface area contributed by atoms with Gasteiger partial charge in [0.05, 0.1) is 6.04 Å². The van der Waals surface area contributed by atoms with E-state index in [0.717, 1.165) is 31.9 Å². The Labute approximate surface area is 105 Å². The number of rotatable bonds is 5. The topological polar surface area (TPSA) is 24.8 Å². The van der Waals surface area contributed by atoms with E-state index in [1.807, 2.05) is 0 Å². The standard InChI is InChI=1S/C14H26N2O/c1-12(2)10-13-11-17-14(15-13)6-9-16-7-4-3-5-8-16/h12-13H,3-11H2,1-2H3/t13-/m0/s1. The van der Waals surface area contributed by atoms with Crippen LogP contribution in [0.4, 0.5) is 0 Å². The first-order valence-corrected chi connectivity index (χ1v) is 7.16. The second-order valence-corrected chi connectivity index (χ2v) is 5.77. The molecule has 0 amide bonds. The highest BCUT2D eigenvalue weighted by atomic mass is 16.5. The van der Waals surface area contributed by atoms with Crippen LogP contribution in [-0.4, -0.2) is 43.1 Å². The summed E-state index contributed by atoms with van der Waals surface area (Å²) in [5.41, 5.74) is 0. The van der Waals surface area contributed by atoms with Crippen molar-refractivity contribution >= 4 is 5.90 Å². The predicted molar refractivity (Wildman–Crippen MR) is 71.5 cm³/mol. The minimum Gasteiger partial charge on any atom is -0.479 e. The molecule has 0 radical (unpaired) electrons. The number of hydrogen-bond acceptors (Lipinski definition) is 3. The van der Waals surface area contributed by atoms with Crippen molar-refractivity contribution in [2.45, 2.75) is 52.0 Å². The molecule has 2 aliphatic heterocycles. The van der Waals surface area contributed by atoms with E-state index < -0.39 is 0 Å². The van der Waals surface area contributed by atoms with Crippen molar-refractivity contribution in [1.82, 2.24) is 4.90 Å². The molecule has 1 atom stereocenters. The summed E-state index contributed by atoms with van der Waals surface area (Å²) >= 11 is 0. The predicted octanol–water partition coefficient (Wildman–Crippen LogP) is 2.71. The lowest BCUT2D eigenvalue weighted by Crippen LogP contribution is -2.31. The molecule has 1 fully saturated rings. The van der Waals surface area contributed by atoms with Gasteiger partial charge in [0.15, 0.2) is 5.90 Å². The number of nitrogens with zero attached hydrogens (tertiary/aromatic N) is 2. The van der Waals surface area contributed by atoms with Gasteiger partial charge in [-0.05, 0) is 38.3 Å². The van der Waals surface area contributed by atoms with Gasteiger partial charge in [0, 0.05) is 13.0 Å². The van der Waals surface area contributed by atoms with Crippen molar-refractivity contribution in [3.05, 3.63) is 0 Å². The normalized spacial score (nSPS) is 26.1. The molecule has 1 saturated heterocycles. The molecule has 0 aromatic carbocycles. The lowest BCUT2D eigenvalue weighted by atomic mass is 10.1. The molecule has 0 saturated carbocycles. The summed E-state index contributed by atoms with van der Waals surface area (Å²) in [5.74, 6) is 1.72. The first-order valence-electron chi connectivity index (χ1n) is 7.16. The second kappa shape index (κ2) is 6.39. The van der Waals surface area contributed by atoms with Crippen molar-refractivity contribution in [3.8, 4) is 0 Å². The van der Waals surface area contributed by atoms with E-state index in [2.05, 4.69) is 23.7 Å². The maximum atomic E-state index is 5.68. The third-order valence-electron chi connectivity index (χ3n) is 3.60. The van der Waals surface area contributed by atoms with Crippen LogP contribution in [0.15, 0.2) is 4.99 Å². The Kier molecular flexibility index (Phi) is 4.84. The van der Waals surface area contributed by atoms with Gasteiger partial charge in [-0.3, -0.25) is 0 Å². The van der Waals surface area contributed by atoms with Crippen LogP contribution in [0.1, 0.15) is 46.0 Å². The maximum Gasteiger partial charge on any atom is 0.184 e. The third-order valence-corrected chi connectivity index (χ3v) is 3.60. The summed E-state index contributed by atoms with van der Waals surface area (Å²) in [7, 11) is 0. The van der Waals surface area contributed by atoms with Gasteiger partial charge in [-0.25, -0.2) is 4.99 Å². The van der Waals surface area contributed by atoms with E-state index in [4.69, 9.17) is 4.74 Å². The Bertz CT molecular complexity index is 257. The first kappa shape index (κ1) is 12.9. The SMILES string of the molecule is CC(C)C[C@H]1COC(CCN2CCCCC2)=N1. The van der Waals surface area contributed by atoms with E-state index in [1.165, 1.54) is 32.4 Å². The van der Waals surface area contributed by atoms with Crippen LogP contribution in [0.3, 0.4) is 0 Å². The highest BCUT2D eigenvalue weighted by Crippen LogP contribution is 2.16. The molecule has 2 aliphatic rings. The maximum absolute atomic E-state index is 5.68. The zero-order chi connectivity index (χ0) is 12.1. The second-order valence-electron chi connectivity index (χ2n) is 5.77. The third kappa shape index (κ3) is 4.30. The summed E-state index contributed by atoms with van der Waals surface area (Å²) in [6.07, 6.45) is 6.30. The Morgan fingerprint density at radius 2 is 2.06 bits per heavy atom. The fourth-order valence-corrected chi connectivity index (χ4v) is 2.71. The summed E-state index contributed by atoms with van der Waals surface area (Å²) in [6.45, 7) is 8.98. The quantitative estimate of drug-likeness (QED) is 0.735. The molecule has 3 heteroatoms. The Hall–Kier alpha value is -0.570. The molecule has 98 valence electrons. The fraction of sp³-hybridized carbons (Fsp3) is 0.929. The van der Waals surface area contributed by atoms with E-state index in [-0.39, 0.29) is 0 Å². The number of hydrogen-bond donors (Lipinski definition) is 0. The van der Waals surface area contributed by atoms with Crippen LogP contribution in [-0.2, 0) is 4.74 Å². The molecular formula is C14H26N2O. The molecule has 0 unspecified atom stereocenters. The lowest BCUT2D eigenvalue weighted by molar-refractivity contribution is 0.227. The van der Waals surface area contributed by atoms with Crippen molar-refractivity contribution < 1.29 is 4.74 Å². The molecule has 2 heterocycles. The average molecular weight is 238 g/mol. The smallest absolute Gasteiger partial charge is 0.184 e. The van der Waals surface area contributed by atoms with Gasteiger partial charge in [-0.15, -0.1) is 0 Å². The van der Waals surface area contributed by atoms with Gasteiger partial charge in [-0.1, -0.05) is 20.3 Å². The molecule has 0 aromatic rings. The number of aliphatic imine (C=N–C) groups is 1. The summed E-state index contributed by atoms with van der Waals surface area (Å²) < 4.78 is 5.68. The van der Waals surface area contributed by atoms with Crippen LogP contribution < -0.4 is 0 Å². The number of piperidine rings is 1. The summed E-state index contributed by atoms with van der Waals surface area (Å²) in [6, 6.07) is 0.423. The largest absolute Gasteiger partial charge is 0.479 e. The van der Waals surface area contributed by atoms with Gasteiger partial charge in [0.2, 0.25) is 0 Å². The Morgan fingerprint density at radius 1 is 1.29 bits per heavy atom. The van der Waals surface area contributed by atoms with Crippen molar-refractivity contribution in [1.29, 1.82) is 0 Å². The summed E-state index contributed by atoms with van der Waals surface area (Å²) in [5, 5.41) is 0. The lowest BCUT2D eigenvalue weighted by Gasteiger charge is -2.25. The van der Waals surface area contributed by atoms with E-state index in [0.29, 0.717) is 12.0 Å². The van der Waals surface area contributed by atoms with Crippen LogP contribution in [0.25, 0.3) is 0 Å². The van der Waals surface area contributed by atoms with E-state index in [9.17, 15) is 0 Å². The minimum absolute atomic E-state index is 0.423. The van der Waals surface area contributed by atoms with Crippen molar-refractivity contribution in [2.75, 3.05) is 26.2 Å². The zero-order valence-corrected chi connectivity index (χ0v) is 11.3. The van der Waals surface area contributed by atoms with E-state index in [1.54, 1.807) is 0 Å². The van der Waals surface area contributed by atoms with Crippen LogP contribution >= 0.6 is 0 Å². The zero-order valence-electron chi connectivity index (χ0n) is 11.3. The molecule has 0 N–H and O–H groups in total. The number of likely N-dealkylation sites (tertiary alicyclic amines) is 1. The van der Waals surface area contributed by atoms with Crippen LogP contribution in [0.5, 0.6) is 0 Å². The van der Waals surface area contributed by atoms with Gasteiger partial charge >= 0.3 is 0 Å². The minimum atomic E-state index is 0.423. The molecule has 0 aliphatic carbocycles. The van der Waals surface area contributed by atoms with E-state index >= 15 is 0 Å². The van der Waals surface area contributed by atoms with Gasteiger partial charge < -0.3 is 9.64 Å². The van der Waals surface area contributed by atoms with Crippen molar-refractivity contribution in [3.63, 3.8) is 0 Å². The van der Waals surface area contributed by atoms with Crippen LogP contribution in [0, 0.1) is 5.92 Å². The monoisotopic (exact) mass is 238 g/mol. The molecule has 0 bridgehead atoms. The highest BCUT2D eigenvalue weighted by Gasteiger charge is 2.20. The van der Waals surface area contributed by atoms with Gasteiger partial charge in [-0.2, -0.15) is 0 Å². The fourth-order valence-electron chi connectivity index (χ4n) is 2.71. The first-order chi connectivity index (χ1) is 8.24. The Balaban J connectivity index is 1.68.